The van der Waals surface area contributed by atoms with E-state index in [4.69, 9.17) is 14.6 Å². The van der Waals surface area contributed by atoms with Gasteiger partial charge in [-0.25, -0.2) is 9.59 Å². The lowest BCUT2D eigenvalue weighted by molar-refractivity contribution is -0.192. The van der Waals surface area contributed by atoms with Gasteiger partial charge in [-0.1, -0.05) is 6.92 Å². The Balaban J connectivity index is 0.000000509. The lowest BCUT2D eigenvalue weighted by atomic mass is 9.99. The zero-order chi connectivity index (χ0) is 25.5. The van der Waals surface area contributed by atoms with Crippen LogP contribution in [0, 0.1) is 5.92 Å². The van der Waals surface area contributed by atoms with Crippen molar-refractivity contribution < 1.29 is 42.5 Å². The van der Waals surface area contributed by atoms with Crippen molar-refractivity contribution in [3.05, 3.63) is 53.6 Å². The number of anilines is 2. The number of amides is 1. The van der Waals surface area contributed by atoms with Gasteiger partial charge in [0.1, 0.15) is 5.75 Å². The minimum Gasteiger partial charge on any atom is -0.497 e. The van der Waals surface area contributed by atoms with Gasteiger partial charge in [-0.15, -0.1) is 0 Å². The molecule has 0 bridgehead atoms. The normalized spacial score (nSPS) is 15.6. The molecule has 1 amide bonds. The van der Waals surface area contributed by atoms with E-state index in [9.17, 15) is 27.9 Å². The summed E-state index contributed by atoms with van der Waals surface area (Å²) in [5.74, 6) is -2.95. The van der Waals surface area contributed by atoms with E-state index in [1.807, 2.05) is 6.07 Å². The van der Waals surface area contributed by atoms with Crippen LogP contribution in [0.15, 0.2) is 42.5 Å². The SMILES string of the molecule is COc1ccc(C(=O)Nc2ccc(N3CCCC(C)C3)cc2C(=O)O)cc1.O=C(O)C(F)(F)F. The van der Waals surface area contributed by atoms with E-state index in [0.717, 1.165) is 25.2 Å². The topological polar surface area (TPSA) is 116 Å². The molecule has 184 valence electrons. The smallest absolute Gasteiger partial charge is 0.490 e. The lowest BCUT2D eigenvalue weighted by Gasteiger charge is -2.33. The number of methoxy groups -OCH3 is 1. The van der Waals surface area contributed by atoms with Gasteiger partial charge in [0, 0.05) is 24.3 Å². The van der Waals surface area contributed by atoms with E-state index in [2.05, 4.69) is 17.1 Å². The van der Waals surface area contributed by atoms with Crippen molar-refractivity contribution >= 4 is 29.2 Å². The highest BCUT2D eigenvalue weighted by molar-refractivity contribution is 6.08. The maximum absolute atomic E-state index is 12.5. The third-order valence-corrected chi connectivity index (χ3v) is 5.10. The predicted octanol–water partition coefficient (Wildman–Crippen LogP) is 4.52. The Hall–Kier alpha value is -3.76. The van der Waals surface area contributed by atoms with Gasteiger partial charge < -0.3 is 25.2 Å². The lowest BCUT2D eigenvalue weighted by Crippen LogP contribution is -2.34. The average molecular weight is 482 g/mol. The van der Waals surface area contributed by atoms with Gasteiger partial charge >= 0.3 is 18.1 Å². The fourth-order valence-electron chi connectivity index (χ4n) is 3.38. The first-order valence-corrected chi connectivity index (χ1v) is 10.3. The van der Waals surface area contributed by atoms with Gasteiger partial charge in [-0.05, 0) is 61.2 Å². The number of hydrogen-bond donors (Lipinski definition) is 3. The van der Waals surface area contributed by atoms with Crippen LogP contribution >= 0.6 is 0 Å². The number of ether oxygens (including phenoxy) is 1. The van der Waals surface area contributed by atoms with Crippen LogP contribution in [0.1, 0.15) is 40.5 Å². The molecular formula is C23H25F3N2O6. The molecule has 1 atom stereocenters. The quantitative estimate of drug-likeness (QED) is 0.574. The van der Waals surface area contributed by atoms with Crippen LogP contribution in [0.2, 0.25) is 0 Å². The van der Waals surface area contributed by atoms with Crippen LogP contribution in [0.5, 0.6) is 5.75 Å². The third-order valence-electron chi connectivity index (χ3n) is 5.10. The molecule has 3 rings (SSSR count). The van der Waals surface area contributed by atoms with Crippen LogP contribution in [0.4, 0.5) is 24.5 Å². The van der Waals surface area contributed by atoms with E-state index >= 15 is 0 Å². The Morgan fingerprint density at radius 2 is 1.71 bits per heavy atom. The third kappa shape index (κ3) is 7.39. The van der Waals surface area contributed by atoms with Crippen molar-refractivity contribution in [1.82, 2.24) is 0 Å². The average Bonchev–Trinajstić information content (AvgIpc) is 2.79. The fourth-order valence-corrected chi connectivity index (χ4v) is 3.38. The summed E-state index contributed by atoms with van der Waals surface area (Å²) in [7, 11) is 1.55. The molecule has 2 aromatic carbocycles. The monoisotopic (exact) mass is 482 g/mol. The number of aliphatic carboxylic acids is 1. The number of carboxylic acids is 2. The molecule has 1 heterocycles. The van der Waals surface area contributed by atoms with Crippen molar-refractivity contribution in [1.29, 1.82) is 0 Å². The van der Waals surface area contributed by atoms with Gasteiger partial charge in [0.15, 0.2) is 0 Å². The van der Waals surface area contributed by atoms with Crippen LogP contribution in [0.3, 0.4) is 0 Å². The second-order valence-electron chi connectivity index (χ2n) is 7.71. The molecule has 0 aromatic heterocycles. The summed E-state index contributed by atoms with van der Waals surface area (Å²) in [5.41, 5.74) is 1.69. The van der Waals surface area contributed by atoms with E-state index in [1.54, 1.807) is 43.5 Å². The standard InChI is InChI=1S/C21H24N2O4.C2HF3O2/c1-14-4-3-11-23(13-14)16-7-10-19(18(12-16)21(25)26)22-20(24)15-5-8-17(27-2)9-6-15;3-2(4,5)1(6)7/h5-10,12,14H,3-4,11,13H2,1-2H3,(H,22,24)(H,25,26);(H,6,7). The molecule has 3 N–H and O–H groups in total. The number of rotatable bonds is 5. The Labute approximate surface area is 193 Å². The highest BCUT2D eigenvalue weighted by Gasteiger charge is 2.38. The molecule has 0 spiro atoms. The van der Waals surface area contributed by atoms with Gasteiger partial charge in [-0.3, -0.25) is 4.79 Å². The van der Waals surface area contributed by atoms with Crippen molar-refractivity contribution in [2.24, 2.45) is 5.92 Å². The fraction of sp³-hybridized carbons (Fsp3) is 0.348. The zero-order valence-corrected chi connectivity index (χ0v) is 18.6. The molecule has 11 heteroatoms. The molecule has 0 saturated carbocycles. The highest BCUT2D eigenvalue weighted by atomic mass is 19.4. The molecule has 1 unspecified atom stereocenters. The van der Waals surface area contributed by atoms with E-state index < -0.39 is 18.1 Å². The number of piperidine rings is 1. The largest absolute Gasteiger partial charge is 0.497 e. The van der Waals surface area contributed by atoms with Gasteiger partial charge in [0.2, 0.25) is 0 Å². The van der Waals surface area contributed by atoms with Crippen LogP contribution < -0.4 is 15.0 Å². The van der Waals surface area contributed by atoms with Crippen molar-refractivity contribution in [3.8, 4) is 5.75 Å². The van der Waals surface area contributed by atoms with Crippen molar-refractivity contribution in [3.63, 3.8) is 0 Å². The minimum absolute atomic E-state index is 0.0904. The summed E-state index contributed by atoms with van der Waals surface area (Å²) in [6, 6.07) is 11.8. The second kappa shape index (κ2) is 11.4. The molecule has 0 radical (unpaired) electrons. The summed E-state index contributed by atoms with van der Waals surface area (Å²) < 4.78 is 36.8. The number of halogens is 3. The highest BCUT2D eigenvalue weighted by Crippen LogP contribution is 2.28. The Kier molecular flexibility index (Phi) is 8.88. The van der Waals surface area contributed by atoms with Crippen LogP contribution in [-0.2, 0) is 4.79 Å². The molecule has 1 fully saturated rings. The zero-order valence-electron chi connectivity index (χ0n) is 18.6. The summed E-state index contributed by atoms with van der Waals surface area (Å²) >= 11 is 0. The summed E-state index contributed by atoms with van der Waals surface area (Å²) in [6.45, 7) is 4.03. The number of carbonyl (C=O) groups is 3. The summed E-state index contributed by atoms with van der Waals surface area (Å²) in [5, 5.41) is 19.4. The van der Waals surface area contributed by atoms with Crippen LogP contribution in [-0.4, -0.2) is 54.4 Å². The summed E-state index contributed by atoms with van der Waals surface area (Å²) in [4.78, 5) is 35.3. The van der Waals surface area contributed by atoms with Crippen molar-refractivity contribution in [2.45, 2.75) is 25.9 Å². The number of benzene rings is 2. The van der Waals surface area contributed by atoms with Crippen molar-refractivity contribution in [2.75, 3.05) is 30.4 Å². The number of hydrogen-bond acceptors (Lipinski definition) is 5. The first-order valence-electron chi connectivity index (χ1n) is 10.3. The number of aromatic carboxylic acids is 1. The van der Waals surface area contributed by atoms with E-state index in [1.165, 1.54) is 6.42 Å². The maximum atomic E-state index is 12.5. The molecule has 34 heavy (non-hydrogen) atoms. The predicted molar refractivity (Wildman–Crippen MR) is 119 cm³/mol. The molecule has 2 aromatic rings. The maximum Gasteiger partial charge on any atom is 0.490 e. The first kappa shape index (κ1) is 26.5. The Morgan fingerprint density at radius 1 is 1.09 bits per heavy atom. The van der Waals surface area contributed by atoms with Crippen LogP contribution in [0.25, 0.3) is 0 Å². The Bertz CT molecular complexity index is 1020. The molecule has 1 aliphatic heterocycles. The Morgan fingerprint density at radius 3 is 2.21 bits per heavy atom. The number of alkyl halides is 3. The van der Waals surface area contributed by atoms with E-state index in [0.29, 0.717) is 17.2 Å². The molecule has 1 saturated heterocycles. The minimum atomic E-state index is -5.08. The molecule has 8 nitrogen and oxygen atoms in total. The molecular weight excluding hydrogens is 457 g/mol. The molecule has 1 aliphatic rings. The van der Waals surface area contributed by atoms with E-state index in [-0.39, 0.29) is 17.2 Å². The number of carboxylic acid groups (broad SMARTS) is 2. The molecule has 0 aliphatic carbocycles. The van der Waals surface area contributed by atoms with Gasteiger partial charge in [-0.2, -0.15) is 13.2 Å². The second-order valence-corrected chi connectivity index (χ2v) is 7.71. The number of carbonyl (C=O) groups excluding carboxylic acids is 1. The van der Waals surface area contributed by atoms with Gasteiger partial charge in [0.25, 0.3) is 5.91 Å². The number of nitrogens with one attached hydrogen (secondary N) is 1. The van der Waals surface area contributed by atoms with Gasteiger partial charge in [0.05, 0.1) is 18.4 Å². The first-order chi connectivity index (χ1) is 15.9. The summed E-state index contributed by atoms with van der Waals surface area (Å²) in [6.07, 6.45) is -2.79. The number of nitrogens with zero attached hydrogens (tertiary/aromatic N) is 1.